The predicted octanol–water partition coefficient (Wildman–Crippen LogP) is 4.66. The first-order valence-electron chi connectivity index (χ1n) is 11.0. The summed E-state index contributed by atoms with van der Waals surface area (Å²) in [6.07, 6.45) is 2.01. The Labute approximate surface area is 200 Å². The van der Waals surface area contributed by atoms with Crippen LogP contribution < -0.4 is 10.2 Å². The third-order valence-corrected chi connectivity index (χ3v) is 5.80. The fourth-order valence-corrected chi connectivity index (χ4v) is 4.07. The maximum Gasteiger partial charge on any atom is 0.251 e. The maximum absolute atomic E-state index is 13.6. The van der Waals surface area contributed by atoms with E-state index in [1.807, 2.05) is 68.5 Å². The Balaban J connectivity index is 1.53. The highest BCUT2D eigenvalue weighted by molar-refractivity contribution is 5.97. The van der Waals surface area contributed by atoms with Crippen LogP contribution in [0.2, 0.25) is 0 Å². The molecule has 1 aliphatic rings. The quantitative estimate of drug-likeness (QED) is 0.457. The molecule has 7 nitrogen and oxygen atoms in total. The minimum atomic E-state index is -0.775. The molecule has 1 N–H and O–H groups in total. The van der Waals surface area contributed by atoms with Gasteiger partial charge in [0.2, 0.25) is 5.91 Å². The molecule has 176 valence electrons. The van der Waals surface area contributed by atoms with Crippen molar-refractivity contribution in [2.75, 3.05) is 16.8 Å². The highest BCUT2D eigenvalue weighted by Crippen LogP contribution is 2.36. The zero-order chi connectivity index (χ0) is 24.5. The summed E-state index contributed by atoms with van der Waals surface area (Å²) in [6, 6.07) is 18.6. The fraction of sp³-hybridized carbons (Fsp3) is 0.154. The molecule has 0 spiro atoms. The zero-order valence-corrected chi connectivity index (χ0v) is 19.1. The van der Waals surface area contributed by atoms with E-state index < -0.39 is 17.5 Å². The number of amides is 1. The topological polar surface area (TPSA) is 75.9 Å². The van der Waals surface area contributed by atoms with Crippen LogP contribution in [0.1, 0.15) is 28.3 Å². The van der Waals surface area contributed by atoms with Crippen molar-refractivity contribution >= 4 is 23.2 Å². The molecule has 35 heavy (non-hydrogen) atoms. The van der Waals surface area contributed by atoms with Crippen LogP contribution in [0.4, 0.5) is 20.4 Å². The lowest BCUT2D eigenvalue weighted by Crippen LogP contribution is -2.37. The van der Waals surface area contributed by atoms with Gasteiger partial charge in [0, 0.05) is 11.8 Å². The second-order valence-electron chi connectivity index (χ2n) is 8.49. The number of nitrogens with zero attached hydrogens (tertiary/aromatic N) is 5. The number of halogens is 2. The molecule has 0 radical (unpaired) electrons. The average molecular weight is 472 g/mol. The van der Waals surface area contributed by atoms with Crippen molar-refractivity contribution in [3.05, 3.63) is 107 Å². The lowest BCUT2D eigenvalue weighted by Gasteiger charge is -2.32. The number of rotatable bonds is 5. The van der Waals surface area contributed by atoms with Crippen LogP contribution in [0.25, 0.3) is 5.70 Å². The van der Waals surface area contributed by atoms with E-state index in [1.165, 1.54) is 0 Å². The molecule has 0 saturated carbocycles. The summed E-state index contributed by atoms with van der Waals surface area (Å²) in [5.41, 5.74) is 4.89. The van der Waals surface area contributed by atoms with Gasteiger partial charge in [-0.1, -0.05) is 64.8 Å². The van der Waals surface area contributed by atoms with E-state index in [-0.39, 0.29) is 18.3 Å². The number of allylic oxidation sites excluding steroid dienone is 1. The number of fused-ring (bicyclic) bond motifs is 1. The molecular weight excluding hydrogens is 450 g/mol. The molecule has 4 aromatic rings. The molecule has 1 aromatic heterocycles. The van der Waals surface area contributed by atoms with E-state index in [0.29, 0.717) is 5.95 Å². The SMILES string of the molecule is Cc1ccc(C2=C[C@H](c3ccc(C)cc3)n3nnnc3N2CC(=O)Nc2cc(F)cc(F)c2)cc1. The van der Waals surface area contributed by atoms with Crippen molar-refractivity contribution in [1.29, 1.82) is 0 Å². The van der Waals surface area contributed by atoms with Crippen molar-refractivity contribution in [3.8, 4) is 0 Å². The molecule has 0 fully saturated rings. The Kier molecular flexibility index (Phi) is 5.82. The van der Waals surface area contributed by atoms with Gasteiger partial charge in [0.1, 0.15) is 24.2 Å². The number of carbonyl (C=O) groups is 1. The van der Waals surface area contributed by atoms with Gasteiger partial charge in [-0.05, 0) is 53.6 Å². The number of aryl methyl sites for hydroxylation is 2. The van der Waals surface area contributed by atoms with Crippen LogP contribution in [0, 0.1) is 25.5 Å². The van der Waals surface area contributed by atoms with Gasteiger partial charge in [-0.3, -0.25) is 9.69 Å². The average Bonchev–Trinajstić information content (AvgIpc) is 3.30. The fourth-order valence-electron chi connectivity index (χ4n) is 4.07. The Hall–Kier alpha value is -4.40. The highest BCUT2D eigenvalue weighted by atomic mass is 19.1. The van der Waals surface area contributed by atoms with Crippen LogP contribution >= 0.6 is 0 Å². The smallest absolute Gasteiger partial charge is 0.251 e. The molecular formula is C26H22F2N6O. The van der Waals surface area contributed by atoms with Crippen molar-refractivity contribution in [2.24, 2.45) is 0 Å². The summed E-state index contributed by atoms with van der Waals surface area (Å²) in [6.45, 7) is 3.85. The number of tetrazole rings is 1. The van der Waals surface area contributed by atoms with Crippen LogP contribution in [0.3, 0.4) is 0 Å². The third-order valence-electron chi connectivity index (χ3n) is 5.80. The molecule has 1 atom stereocenters. The van der Waals surface area contributed by atoms with Crippen LogP contribution in [-0.4, -0.2) is 32.7 Å². The van der Waals surface area contributed by atoms with Gasteiger partial charge < -0.3 is 5.32 Å². The predicted molar refractivity (Wildman–Crippen MR) is 129 cm³/mol. The van der Waals surface area contributed by atoms with Gasteiger partial charge in [0.05, 0.1) is 5.70 Å². The molecule has 1 aliphatic heterocycles. The van der Waals surface area contributed by atoms with E-state index in [0.717, 1.165) is 46.1 Å². The summed E-state index contributed by atoms with van der Waals surface area (Å²) in [4.78, 5) is 14.6. The van der Waals surface area contributed by atoms with E-state index in [2.05, 4.69) is 20.8 Å². The van der Waals surface area contributed by atoms with Crippen molar-refractivity contribution < 1.29 is 13.6 Å². The van der Waals surface area contributed by atoms with Gasteiger partial charge in [-0.15, -0.1) is 0 Å². The normalized spacial score (nSPS) is 14.9. The first kappa shape index (κ1) is 22.4. The van der Waals surface area contributed by atoms with Crippen molar-refractivity contribution in [2.45, 2.75) is 19.9 Å². The number of carbonyl (C=O) groups excluding carboxylic acids is 1. The lowest BCUT2D eigenvalue weighted by molar-refractivity contribution is -0.114. The largest absolute Gasteiger partial charge is 0.324 e. The third kappa shape index (κ3) is 4.65. The number of hydrogen-bond acceptors (Lipinski definition) is 5. The summed E-state index contributed by atoms with van der Waals surface area (Å²) < 4.78 is 28.8. The van der Waals surface area contributed by atoms with Crippen molar-refractivity contribution in [3.63, 3.8) is 0 Å². The van der Waals surface area contributed by atoms with E-state index in [1.54, 1.807) is 9.58 Å². The first-order valence-corrected chi connectivity index (χ1v) is 11.0. The van der Waals surface area contributed by atoms with Gasteiger partial charge >= 0.3 is 0 Å². The molecule has 0 saturated heterocycles. The molecule has 1 amide bonds. The second-order valence-corrected chi connectivity index (χ2v) is 8.49. The van der Waals surface area contributed by atoms with Gasteiger partial charge in [-0.25, -0.2) is 8.78 Å². The summed E-state index contributed by atoms with van der Waals surface area (Å²) >= 11 is 0. The van der Waals surface area contributed by atoms with Crippen LogP contribution in [0.15, 0.2) is 72.8 Å². The summed E-state index contributed by atoms with van der Waals surface area (Å²) in [5, 5.41) is 14.8. The maximum atomic E-state index is 13.6. The number of aromatic nitrogens is 4. The number of anilines is 2. The van der Waals surface area contributed by atoms with E-state index >= 15 is 0 Å². The molecule has 2 heterocycles. The highest BCUT2D eigenvalue weighted by Gasteiger charge is 2.32. The molecule has 0 unspecified atom stereocenters. The molecule has 9 heteroatoms. The number of hydrogen-bond donors (Lipinski definition) is 1. The van der Waals surface area contributed by atoms with Gasteiger partial charge in [0.15, 0.2) is 0 Å². The molecule has 0 aliphatic carbocycles. The lowest BCUT2D eigenvalue weighted by atomic mass is 9.99. The Morgan fingerprint density at radius 3 is 2.23 bits per heavy atom. The standard InChI is InChI=1S/C26H22F2N6O/c1-16-3-7-18(8-4-16)23-14-24(19-9-5-17(2)6-10-19)34-26(30-31-32-34)33(23)15-25(35)29-22-12-20(27)11-21(28)13-22/h3-14,24H,15H2,1-2H3,(H,29,35)/t24-/m1/s1. The summed E-state index contributed by atoms with van der Waals surface area (Å²) in [7, 11) is 0. The zero-order valence-electron chi connectivity index (χ0n) is 19.1. The Morgan fingerprint density at radius 2 is 1.57 bits per heavy atom. The Bertz CT molecular complexity index is 1390. The minimum absolute atomic E-state index is 0.0301. The van der Waals surface area contributed by atoms with E-state index in [9.17, 15) is 13.6 Å². The van der Waals surface area contributed by atoms with Crippen LogP contribution in [0.5, 0.6) is 0 Å². The molecule has 0 bridgehead atoms. The van der Waals surface area contributed by atoms with Crippen LogP contribution in [-0.2, 0) is 4.79 Å². The monoisotopic (exact) mass is 472 g/mol. The van der Waals surface area contributed by atoms with E-state index in [4.69, 9.17) is 0 Å². The first-order chi connectivity index (χ1) is 16.9. The molecule has 5 rings (SSSR count). The Morgan fingerprint density at radius 1 is 0.943 bits per heavy atom. The number of nitrogens with one attached hydrogen (secondary N) is 1. The summed E-state index contributed by atoms with van der Waals surface area (Å²) in [5.74, 6) is -1.64. The minimum Gasteiger partial charge on any atom is -0.324 e. The molecule has 3 aromatic carbocycles. The van der Waals surface area contributed by atoms with Crippen molar-refractivity contribution in [1.82, 2.24) is 20.2 Å². The number of benzene rings is 3. The van der Waals surface area contributed by atoms with Gasteiger partial charge in [-0.2, -0.15) is 4.68 Å². The second kappa shape index (κ2) is 9.09. The van der Waals surface area contributed by atoms with Gasteiger partial charge in [0.25, 0.3) is 5.95 Å².